The van der Waals surface area contributed by atoms with Crippen LogP contribution in [0, 0.1) is 17.3 Å². The highest BCUT2D eigenvalue weighted by molar-refractivity contribution is 14.1. The summed E-state index contributed by atoms with van der Waals surface area (Å²) in [5, 5.41) is 0. The Bertz CT molecular complexity index is 234. The van der Waals surface area contributed by atoms with Crippen molar-refractivity contribution in [2.24, 2.45) is 17.3 Å². The molecule has 0 heterocycles. The van der Waals surface area contributed by atoms with Gasteiger partial charge in [-0.05, 0) is 49.4 Å². The van der Waals surface area contributed by atoms with Gasteiger partial charge in [-0.25, -0.2) is 0 Å². The molecule has 0 aliphatic heterocycles. The number of alkyl halides is 1. The van der Waals surface area contributed by atoms with E-state index in [0.717, 1.165) is 22.9 Å². The molecule has 1 aliphatic rings. The Kier molecular flexibility index (Phi) is 6.43. The van der Waals surface area contributed by atoms with Crippen LogP contribution in [-0.4, -0.2) is 16.6 Å². The van der Waals surface area contributed by atoms with E-state index in [9.17, 15) is 0 Å². The monoisotopic (exact) mass is 366 g/mol. The summed E-state index contributed by atoms with van der Waals surface area (Å²) < 4.78 is 7.47. The van der Waals surface area contributed by atoms with Gasteiger partial charge in [-0.2, -0.15) is 0 Å². The first kappa shape index (κ1) is 16.7. The van der Waals surface area contributed by atoms with E-state index in [1.807, 2.05) is 0 Å². The third kappa shape index (κ3) is 5.36. The van der Waals surface area contributed by atoms with Crippen LogP contribution < -0.4 is 0 Å². The van der Waals surface area contributed by atoms with Crippen molar-refractivity contribution in [3.8, 4) is 0 Å². The van der Waals surface area contributed by atoms with E-state index < -0.39 is 0 Å². The Hall–Kier alpha value is 0.690. The van der Waals surface area contributed by atoms with Crippen molar-refractivity contribution in [3.63, 3.8) is 0 Å². The van der Waals surface area contributed by atoms with Crippen LogP contribution in [-0.2, 0) is 4.74 Å². The largest absolute Gasteiger partial charge is 0.374 e. The highest BCUT2D eigenvalue weighted by Crippen LogP contribution is 2.39. The van der Waals surface area contributed by atoms with Gasteiger partial charge in [0.15, 0.2) is 0 Å². The molecule has 0 aromatic carbocycles. The molecule has 0 N–H and O–H groups in total. The number of rotatable bonds is 5. The molecule has 0 radical (unpaired) electrons. The summed E-state index contributed by atoms with van der Waals surface area (Å²) in [5.41, 5.74) is 0.582. The van der Waals surface area contributed by atoms with Gasteiger partial charge in [0.05, 0.1) is 5.60 Å². The average molecular weight is 366 g/mol. The average Bonchev–Trinajstić information content (AvgIpc) is 2.28. The van der Waals surface area contributed by atoms with E-state index in [1.165, 1.54) is 32.1 Å². The maximum atomic E-state index is 6.32. The number of hydrogen-bond acceptors (Lipinski definition) is 1. The molecule has 0 unspecified atom stereocenters. The summed E-state index contributed by atoms with van der Waals surface area (Å²) in [6.45, 7) is 12.5. The van der Waals surface area contributed by atoms with Crippen LogP contribution >= 0.6 is 22.6 Å². The Morgan fingerprint density at radius 3 is 2.17 bits per heavy atom. The van der Waals surface area contributed by atoms with Crippen molar-refractivity contribution >= 4 is 22.6 Å². The highest BCUT2D eigenvalue weighted by Gasteiger charge is 2.36. The number of halogens is 1. The zero-order chi connectivity index (χ0) is 13.8. The minimum Gasteiger partial charge on any atom is -0.374 e. The molecule has 0 saturated heterocycles. The second-order valence-electron chi connectivity index (χ2n) is 7.56. The molecule has 1 fully saturated rings. The minimum absolute atomic E-state index is 0.192. The summed E-state index contributed by atoms with van der Waals surface area (Å²) >= 11 is 2.52. The predicted octanol–water partition coefficient (Wildman–Crippen LogP) is 5.46. The van der Waals surface area contributed by atoms with Gasteiger partial charge < -0.3 is 4.74 Å². The van der Waals surface area contributed by atoms with Crippen LogP contribution in [0.15, 0.2) is 0 Å². The molecule has 0 atom stereocenters. The van der Waals surface area contributed by atoms with E-state index >= 15 is 0 Å². The molecular formula is C16H31IO. The molecule has 0 amide bonds. The standard InChI is InChI=1S/C16H31IO/c1-13(2)14-6-8-16(12-17,9-7-14)18-11-10-15(3,4)5/h13-14H,6-12H2,1-5H3. The molecule has 0 spiro atoms. The lowest BCUT2D eigenvalue weighted by Crippen LogP contribution is -2.40. The van der Waals surface area contributed by atoms with E-state index in [4.69, 9.17) is 4.74 Å². The van der Waals surface area contributed by atoms with Gasteiger partial charge in [0.1, 0.15) is 0 Å². The maximum absolute atomic E-state index is 6.32. The van der Waals surface area contributed by atoms with Crippen molar-refractivity contribution in [1.29, 1.82) is 0 Å². The highest BCUT2D eigenvalue weighted by atomic mass is 127. The zero-order valence-electron chi connectivity index (χ0n) is 12.9. The lowest BCUT2D eigenvalue weighted by Gasteiger charge is -2.40. The second-order valence-corrected chi connectivity index (χ2v) is 8.32. The normalized spacial score (nSPS) is 29.8. The zero-order valence-corrected chi connectivity index (χ0v) is 15.0. The fourth-order valence-corrected chi connectivity index (χ4v) is 3.71. The summed E-state index contributed by atoms with van der Waals surface area (Å²) in [7, 11) is 0. The van der Waals surface area contributed by atoms with Gasteiger partial charge in [0.2, 0.25) is 0 Å². The van der Waals surface area contributed by atoms with E-state index in [2.05, 4.69) is 57.2 Å². The molecule has 1 saturated carbocycles. The quantitative estimate of drug-likeness (QED) is 0.464. The van der Waals surface area contributed by atoms with Gasteiger partial charge in [0.25, 0.3) is 0 Å². The topological polar surface area (TPSA) is 9.23 Å². The molecule has 1 rings (SSSR count). The number of ether oxygens (including phenoxy) is 1. The van der Waals surface area contributed by atoms with Gasteiger partial charge in [-0.1, -0.05) is 57.2 Å². The molecule has 1 aliphatic carbocycles. The second kappa shape index (κ2) is 6.92. The first-order valence-electron chi connectivity index (χ1n) is 7.48. The Morgan fingerprint density at radius 1 is 1.22 bits per heavy atom. The molecule has 0 aromatic heterocycles. The molecule has 2 heteroatoms. The van der Waals surface area contributed by atoms with Crippen molar-refractivity contribution < 1.29 is 4.74 Å². The van der Waals surface area contributed by atoms with E-state index in [0.29, 0.717) is 5.41 Å². The van der Waals surface area contributed by atoms with Crippen LogP contribution in [0.1, 0.15) is 66.7 Å². The van der Waals surface area contributed by atoms with Gasteiger partial charge >= 0.3 is 0 Å². The first-order chi connectivity index (χ1) is 8.28. The summed E-state index contributed by atoms with van der Waals surface area (Å²) in [6.07, 6.45) is 6.41. The SMILES string of the molecule is CC(C)C1CCC(CI)(OCCC(C)(C)C)CC1. The van der Waals surface area contributed by atoms with Crippen LogP contribution in [0.3, 0.4) is 0 Å². The fourth-order valence-electron chi connectivity index (χ4n) is 2.72. The Morgan fingerprint density at radius 2 is 1.78 bits per heavy atom. The Labute approximate surface area is 128 Å². The van der Waals surface area contributed by atoms with Crippen molar-refractivity contribution in [1.82, 2.24) is 0 Å². The molecule has 1 nitrogen and oxygen atoms in total. The molecule has 0 aromatic rings. The third-order valence-electron chi connectivity index (χ3n) is 4.39. The van der Waals surface area contributed by atoms with Crippen molar-refractivity contribution in [2.45, 2.75) is 72.3 Å². The van der Waals surface area contributed by atoms with Gasteiger partial charge in [0, 0.05) is 11.0 Å². The molecule has 0 bridgehead atoms. The summed E-state index contributed by atoms with van der Waals surface area (Å²) in [4.78, 5) is 0. The van der Waals surface area contributed by atoms with E-state index in [-0.39, 0.29) is 5.60 Å². The maximum Gasteiger partial charge on any atom is 0.0771 e. The van der Waals surface area contributed by atoms with Gasteiger partial charge in [-0.15, -0.1) is 0 Å². The van der Waals surface area contributed by atoms with Crippen LogP contribution in [0.4, 0.5) is 0 Å². The van der Waals surface area contributed by atoms with Crippen LogP contribution in [0.5, 0.6) is 0 Å². The lowest BCUT2D eigenvalue weighted by molar-refractivity contribution is -0.0689. The first-order valence-corrected chi connectivity index (χ1v) is 9.00. The molecule has 18 heavy (non-hydrogen) atoms. The predicted molar refractivity (Wildman–Crippen MR) is 88.4 cm³/mol. The van der Waals surface area contributed by atoms with Gasteiger partial charge in [-0.3, -0.25) is 0 Å². The lowest BCUT2D eigenvalue weighted by atomic mass is 9.75. The van der Waals surface area contributed by atoms with E-state index in [1.54, 1.807) is 0 Å². The Balaban J connectivity index is 2.41. The smallest absolute Gasteiger partial charge is 0.0771 e. The molecular weight excluding hydrogens is 335 g/mol. The minimum atomic E-state index is 0.192. The fraction of sp³-hybridized carbons (Fsp3) is 1.00. The number of hydrogen-bond donors (Lipinski definition) is 0. The van der Waals surface area contributed by atoms with Crippen LogP contribution in [0.25, 0.3) is 0 Å². The summed E-state index contributed by atoms with van der Waals surface area (Å²) in [5.74, 6) is 1.76. The van der Waals surface area contributed by atoms with Crippen molar-refractivity contribution in [2.75, 3.05) is 11.0 Å². The third-order valence-corrected chi connectivity index (χ3v) is 5.78. The summed E-state index contributed by atoms with van der Waals surface area (Å²) in [6, 6.07) is 0. The van der Waals surface area contributed by atoms with Crippen LogP contribution in [0.2, 0.25) is 0 Å². The molecule has 108 valence electrons. The van der Waals surface area contributed by atoms with Crippen molar-refractivity contribution in [3.05, 3.63) is 0 Å².